The zero-order valence-electron chi connectivity index (χ0n) is 23.8. The van der Waals surface area contributed by atoms with E-state index in [1.807, 2.05) is 35.5 Å². The van der Waals surface area contributed by atoms with E-state index < -0.39 is 12.3 Å². The van der Waals surface area contributed by atoms with E-state index in [4.69, 9.17) is 16.2 Å². The second-order valence-corrected chi connectivity index (χ2v) is 10.9. The number of fused-ring (bicyclic) bond motifs is 1. The molecule has 0 saturated heterocycles. The zero-order valence-corrected chi connectivity index (χ0v) is 23.8. The third-order valence-corrected chi connectivity index (χ3v) is 7.57. The van der Waals surface area contributed by atoms with Crippen LogP contribution < -0.4 is 16.2 Å². The number of Topliss-reactive ketones (excluding diaryl/α,β-unsaturated/α-hetero) is 1. The number of nitrogens with zero attached hydrogens (tertiary/aromatic N) is 2. The van der Waals surface area contributed by atoms with Crippen LogP contribution in [0.15, 0.2) is 64.9 Å². The van der Waals surface area contributed by atoms with E-state index in [0.717, 1.165) is 58.4 Å². The van der Waals surface area contributed by atoms with Gasteiger partial charge in [0.25, 0.3) is 0 Å². The molecule has 0 fully saturated rings. The summed E-state index contributed by atoms with van der Waals surface area (Å²) in [6.07, 6.45) is 8.05. The molecule has 9 nitrogen and oxygen atoms in total. The van der Waals surface area contributed by atoms with Crippen LogP contribution in [0.3, 0.4) is 0 Å². The minimum Gasteiger partial charge on any atom is -0.504 e. The molecule has 0 spiro atoms. The van der Waals surface area contributed by atoms with Crippen LogP contribution in [0.1, 0.15) is 73.9 Å². The first-order chi connectivity index (χ1) is 19.8. The molecule has 0 amide bonds. The van der Waals surface area contributed by atoms with Crippen LogP contribution in [0.25, 0.3) is 0 Å². The molecular weight excluding hydrogens is 520 g/mol. The molecule has 0 aromatic heterocycles. The van der Waals surface area contributed by atoms with E-state index in [-0.39, 0.29) is 31.3 Å². The molecule has 9 heteroatoms. The van der Waals surface area contributed by atoms with Crippen molar-refractivity contribution in [2.45, 2.75) is 77.2 Å². The summed E-state index contributed by atoms with van der Waals surface area (Å²) in [5.74, 6) is 0.421. The van der Waals surface area contributed by atoms with Crippen molar-refractivity contribution in [3.05, 3.63) is 82.2 Å². The Kier molecular flexibility index (Phi) is 10.7. The fraction of sp³-hybridized carbons (Fsp3) is 0.438. The molecule has 0 aliphatic carbocycles. The number of hydrogen-bond donors (Lipinski definition) is 5. The highest BCUT2D eigenvalue weighted by atomic mass is 16.5. The number of allylic oxidation sites excluding steroid dienone is 1. The van der Waals surface area contributed by atoms with Crippen molar-refractivity contribution in [2.75, 3.05) is 13.3 Å². The number of aromatic hydroxyl groups is 1. The Morgan fingerprint density at radius 2 is 1.98 bits per heavy atom. The number of carbonyl (C=O) groups is 1. The van der Waals surface area contributed by atoms with E-state index >= 15 is 0 Å². The Morgan fingerprint density at radius 1 is 1.15 bits per heavy atom. The molecule has 1 atom stereocenters. The molecule has 1 unspecified atom stereocenters. The highest BCUT2D eigenvalue weighted by Crippen LogP contribution is 2.31. The van der Waals surface area contributed by atoms with Gasteiger partial charge in [-0.2, -0.15) is 0 Å². The second kappa shape index (κ2) is 14.4. The lowest BCUT2D eigenvalue weighted by Gasteiger charge is -2.17. The van der Waals surface area contributed by atoms with Crippen molar-refractivity contribution in [3.8, 4) is 11.5 Å². The van der Waals surface area contributed by atoms with Gasteiger partial charge in [-0.3, -0.25) is 9.79 Å². The Morgan fingerprint density at radius 3 is 2.73 bits per heavy atom. The van der Waals surface area contributed by atoms with E-state index in [2.05, 4.69) is 11.9 Å². The van der Waals surface area contributed by atoms with E-state index in [0.29, 0.717) is 38.0 Å². The van der Waals surface area contributed by atoms with E-state index in [1.54, 1.807) is 18.2 Å². The molecular formula is C32H42N4O5. The third kappa shape index (κ3) is 8.27. The van der Waals surface area contributed by atoms with Gasteiger partial charge in [-0.25, -0.2) is 0 Å². The number of unbranched alkanes of at least 4 members (excludes halogenated alkanes) is 2. The number of phenols is 1. The minimum absolute atomic E-state index is 0.0333. The van der Waals surface area contributed by atoms with Gasteiger partial charge in [0.2, 0.25) is 0 Å². The summed E-state index contributed by atoms with van der Waals surface area (Å²) in [6.45, 7) is 2.83. The van der Waals surface area contributed by atoms with Gasteiger partial charge in [-0.1, -0.05) is 50.5 Å². The molecule has 0 radical (unpaired) electrons. The van der Waals surface area contributed by atoms with E-state index in [1.165, 1.54) is 0 Å². The molecule has 2 aromatic rings. The summed E-state index contributed by atoms with van der Waals surface area (Å²) in [7, 11) is 0. The third-order valence-electron chi connectivity index (χ3n) is 7.57. The lowest BCUT2D eigenvalue weighted by Crippen LogP contribution is -2.23. The summed E-state index contributed by atoms with van der Waals surface area (Å²) in [5, 5.41) is 30.2. The van der Waals surface area contributed by atoms with Crippen molar-refractivity contribution >= 4 is 11.5 Å². The van der Waals surface area contributed by atoms with Gasteiger partial charge in [0, 0.05) is 37.2 Å². The molecule has 220 valence electrons. The van der Waals surface area contributed by atoms with Crippen LogP contribution >= 0.6 is 0 Å². The standard InChI is InChI=1S/C32H42N4O5/c1-2-3-4-5-26(38)15-27(39)10-6-21-7-11-30(40)31(12-21)41-20-36-17-28-25(16-35-29(28)18-36)14-24-13-22(32(33)34)8-9-23(24)19-37/h7-9,11-13,16-17,26,32,37-38,40H,2-6,10,14-15,18-20,33-34H2,1H3. The van der Waals surface area contributed by atoms with Crippen molar-refractivity contribution in [1.82, 2.24) is 4.90 Å². The van der Waals surface area contributed by atoms with Crippen molar-refractivity contribution in [2.24, 2.45) is 16.5 Å². The molecule has 0 bridgehead atoms. The molecule has 2 aliphatic heterocycles. The number of aryl methyl sites for hydroxylation is 1. The normalized spacial score (nSPS) is 15.1. The van der Waals surface area contributed by atoms with Gasteiger partial charge in [0.05, 0.1) is 31.1 Å². The highest BCUT2D eigenvalue weighted by Gasteiger charge is 2.27. The molecule has 4 rings (SSSR count). The number of phenolic OH excluding ortho intramolecular Hbond substituents is 1. The average Bonchev–Trinajstić information content (AvgIpc) is 3.53. The maximum Gasteiger partial charge on any atom is 0.163 e. The van der Waals surface area contributed by atoms with Gasteiger partial charge in [0.1, 0.15) is 5.78 Å². The summed E-state index contributed by atoms with van der Waals surface area (Å²) < 4.78 is 5.96. The molecule has 7 N–H and O–H groups in total. The van der Waals surface area contributed by atoms with Crippen LogP contribution in [-0.2, 0) is 24.2 Å². The van der Waals surface area contributed by atoms with Gasteiger partial charge in [0.15, 0.2) is 18.2 Å². The zero-order chi connectivity index (χ0) is 29.4. The van der Waals surface area contributed by atoms with Gasteiger partial charge in [-0.05, 0) is 52.8 Å². The summed E-state index contributed by atoms with van der Waals surface area (Å²) in [5.41, 5.74) is 18.2. The van der Waals surface area contributed by atoms with Gasteiger partial charge in [-0.15, -0.1) is 0 Å². The van der Waals surface area contributed by atoms with Crippen molar-refractivity contribution in [3.63, 3.8) is 0 Å². The largest absolute Gasteiger partial charge is 0.504 e. The lowest BCUT2D eigenvalue weighted by atomic mass is 9.94. The molecule has 41 heavy (non-hydrogen) atoms. The van der Waals surface area contributed by atoms with Gasteiger partial charge >= 0.3 is 0 Å². The fourth-order valence-electron chi connectivity index (χ4n) is 5.15. The molecule has 2 heterocycles. The summed E-state index contributed by atoms with van der Waals surface area (Å²) in [6, 6.07) is 10.8. The average molecular weight is 563 g/mol. The molecule has 2 aliphatic rings. The summed E-state index contributed by atoms with van der Waals surface area (Å²) >= 11 is 0. The number of rotatable bonds is 16. The van der Waals surface area contributed by atoms with Gasteiger partial charge < -0.3 is 36.4 Å². The predicted octanol–water partition coefficient (Wildman–Crippen LogP) is 3.75. The Labute approximate surface area is 241 Å². The predicted molar refractivity (Wildman–Crippen MR) is 159 cm³/mol. The Balaban J connectivity index is 1.31. The second-order valence-electron chi connectivity index (χ2n) is 10.9. The number of aliphatic hydroxyl groups excluding tert-OH is 2. The number of ketones is 1. The van der Waals surface area contributed by atoms with Crippen LogP contribution in [0.5, 0.6) is 11.5 Å². The quantitative estimate of drug-likeness (QED) is 0.153. The van der Waals surface area contributed by atoms with Crippen molar-refractivity contribution in [1.29, 1.82) is 0 Å². The first-order valence-corrected chi connectivity index (χ1v) is 14.4. The maximum atomic E-state index is 12.3. The number of hydrogen-bond acceptors (Lipinski definition) is 9. The monoisotopic (exact) mass is 562 g/mol. The topological polar surface area (TPSA) is 155 Å². The smallest absolute Gasteiger partial charge is 0.163 e. The SMILES string of the molecule is CCCCCC(O)CC(=O)CCc1ccc(O)c(OCN2C=C3C(Cc4cc(C(N)N)ccc4CO)=CN=C3C2)c1. The fourth-order valence-corrected chi connectivity index (χ4v) is 5.15. The first-order valence-electron chi connectivity index (χ1n) is 14.4. The molecule has 2 aromatic carbocycles. The number of benzene rings is 2. The highest BCUT2D eigenvalue weighted by molar-refractivity contribution is 6.09. The summed E-state index contributed by atoms with van der Waals surface area (Å²) in [4.78, 5) is 18.9. The van der Waals surface area contributed by atoms with Crippen molar-refractivity contribution < 1.29 is 24.9 Å². The lowest BCUT2D eigenvalue weighted by molar-refractivity contribution is -0.121. The minimum atomic E-state index is -0.590. The number of aliphatic hydroxyl groups is 2. The van der Waals surface area contributed by atoms with Crippen LogP contribution in [0, 0.1) is 0 Å². The van der Waals surface area contributed by atoms with E-state index in [9.17, 15) is 20.1 Å². The Hall–Kier alpha value is -3.50. The van der Waals surface area contributed by atoms with Crippen LogP contribution in [-0.4, -0.2) is 51.1 Å². The Bertz CT molecular complexity index is 1320. The number of aliphatic imine (C=N–C) groups is 1. The first kappa shape index (κ1) is 30.5. The van der Waals surface area contributed by atoms with Crippen LogP contribution in [0.4, 0.5) is 0 Å². The maximum absolute atomic E-state index is 12.3. The van der Waals surface area contributed by atoms with Crippen LogP contribution in [0.2, 0.25) is 0 Å². The molecule has 0 saturated carbocycles. The number of carbonyl (C=O) groups excluding carboxylic acids is 1. The number of ether oxygens (including phenoxy) is 1. The number of nitrogens with two attached hydrogens (primary N) is 2.